The number of thiazole rings is 1. The number of nitrogens with one attached hydrogen (secondary N) is 1. The third-order valence-electron chi connectivity index (χ3n) is 3.82. The highest BCUT2D eigenvalue weighted by Gasteiger charge is 2.10. The maximum atomic E-state index is 12.2. The molecule has 4 rings (SSSR count). The number of benzene rings is 2. The molecule has 0 radical (unpaired) electrons. The van der Waals surface area contributed by atoms with E-state index in [0.29, 0.717) is 10.9 Å². The highest BCUT2D eigenvalue weighted by atomic mass is 32.1. The zero-order valence-corrected chi connectivity index (χ0v) is 14.6. The molecule has 5 nitrogen and oxygen atoms in total. The van der Waals surface area contributed by atoms with Crippen LogP contribution in [0.5, 0.6) is 5.75 Å². The SMILES string of the molecule is O=C(COc1cccc2ccccc12)Nc1nc(-c2cccnc2)cs1. The fourth-order valence-electron chi connectivity index (χ4n) is 2.60. The Kier molecular flexibility index (Phi) is 4.57. The van der Waals surface area contributed by atoms with Crippen molar-refractivity contribution in [3.8, 4) is 17.0 Å². The summed E-state index contributed by atoms with van der Waals surface area (Å²) in [6.07, 6.45) is 3.45. The normalized spacial score (nSPS) is 10.6. The predicted octanol–water partition coefficient (Wildman–Crippen LogP) is 4.38. The van der Waals surface area contributed by atoms with Crippen molar-refractivity contribution in [1.82, 2.24) is 9.97 Å². The molecule has 0 unspecified atom stereocenters. The second kappa shape index (κ2) is 7.33. The van der Waals surface area contributed by atoms with Crippen molar-refractivity contribution in [1.29, 1.82) is 0 Å². The van der Waals surface area contributed by atoms with Crippen LogP contribution in [0.25, 0.3) is 22.0 Å². The number of aromatic nitrogens is 2. The Morgan fingerprint density at radius 3 is 2.85 bits per heavy atom. The van der Waals surface area contributed by atoms with Gasteiger partial charge in [0.05, 0.1) is 5.69 Å². The Balaban J connectivity index is 1.41. The Bertz CT molecular complexity index is 1040. The molecular formula is C20H15N3O2S. The van der Waals surface area contributed by atoms with Crippen LogP contribution in [-0.4, -0.2) is 22.5 Å². The average Bonchev–Trinajstić information content (AvgIpc) is 3.15. The topological polar surface area (TPSA) is 64.1 Å². The minimum atomic E-state index is -0.245. The summed E-state index contributed by atoms with van der Waals surface area (Å²) in [5, 5.41) is 7.26. The molecule has 1 N–H and O–H groups in total. The molecule has 4 aromatic rings. The van der Waals surface area contributed by atoms with E-state index in [4.69, 9.17) is 4.74 Å². The lowest BCUT2D eigenvalue weighted by molar-refractivity contribution is -0.118. The number of amides is 1. The van der Waals surface area contributed by atoms with Crippen LogP contribution < -0.4 is 10.1 Å². The van der Waals surface area contributed by atoms with E-state index in [1.54, 1.807) is 12.4 Å². The van der Waals surface area contributed by atoms with Crippen molar-refractivity contribution in [2.24, 2.45) is 0 Å². The molecule has 0 fully saturated rings. The lowest BCUT2D eigenvalue weighted by atomic mass is 10.1. The summed E-state index contributed by atoms with van der Waals surface area (Å²) in [6.45, 7) is -0.0736. The van der Waals surface area contributed by atoms with E-state index >= 15 is 0 Å². The number of rotatable bonds is 5. The van der Waals surface area contributed by atoms with Gasteiger partial charge in [0, 0.05) is 28.7 Å². The van der Waals surface area contributed by atoms with E-state index in [1.807, 2.05) is 60.0 Å². The van der Waals surface area contributed by atoms with Crippen molar-refractivity contribution in [2.75, 3.05) is 11.9 Å². The van der Waals surface area contributed by atoms with Gasteiger partial charge in [0.1, 0.15) is 5.75 Å². The molecule has 2 aromatic carbocycles. The highest BCUT2D eigenvalue weighted by Crippen LogP contribution is 2.26. The van der Waals surface area contributed by atoms with E-state index in [1.165, 1.54) is 11.3 Å². The molecule has 0 saturated heterocycles. The van der Waals surface area contributed by atoms with Gasteiger partial charge in [0.2, 0.25) is 0 Å². The van der Waals surface area contributed by atoms with Gasteiger partial charge in [-0.15, -0.1) is 11.3 Å². The molecule has 0 bridgehead atoms. The fraction of sp³-hybridized carbons (Fsp3) is 0.0500. The largest absolute Gasteiger partial charge is 0.483 e. The Hall–Kier alpha value is -3.25. The molecule has 0 atom stereocenters. The van der Waals surface area contributed by atoms with Crippen LogP contribution in [0.4, 0.5) is 5.13 Å². The number of pyridine rings is 1. The highest BCUT2D eigenvalue weighted by molar-refractivity contribution is 7.14. The van der Waals surface area contributed by atoms with Gasteiger partial charge in [-0.3, -0.25) is 15.1 Å². The first-order chi connectivity index (χ1) is 12.8. The zero-order chi connectivity index (χ0) is 17.8. The third kappa shape index (κ3) is 3.55. The zero-order valence-electron chi connectivity index (χ0n) is 13.8. The molecule has 0 aliphatic heterocycles. The summed E-state index contributed by atoms with van der Waals surface area (Å²) in [4.78, 5) is 20.7. The first-order valence-electron chi connectivity index (χ1n) is 8.06. The molecular weight excluding hydrogens is 346 g/mol. The van der Waals surface area contributed by atoms with Gasteiger partial charge < -0.3 is 4.74 Å². The van der Waals surface area contributed by atoms with Gasteiger partial charge in [0.15, 0.2) is 11.7 Å². The first kappa shape index (κ1) is 16.2. The molecule has 128 valence electrons. The Labute approximate surface area is 154 Å². The van der Waals surface area contributed by atoms with Crippen molar-refractivity contribution in [3.05, 3.63) is 72.4 Å². The molecule has 0 aliphatic rings. The van der Waals surface area contributed by atoms with E-state index in [-0.39, 0.29) is 12.5 Å². The van der Waals surface area contributed by atoms with Gasteiger partial charge in [-0.2, -0.15) is 0 Å². The number of hydrogen-bond donors (Lipinski definition) is 1. The van der Waals surface area contributed by atoms with Crippen LogP contribution in [0.15, 0.2) is 72.4 Å². The lowest BCUT2D eigenvalue weighted by Gasteiger charge is -2.08. The maximum absolute atomic E-state index is 12.2. The summed E-state index contributed by atoms with van der Waals surface area (Å²) in [7, 11) is 0. The fourth-order valence-corrected chi connectivity index (χ4v) is 3.33. The van der Waals surface area contributed by atoms with Crippen LogP contribution in [0.2, 0.25) is 0 Å². The number of carbonyl (C=O) groups is 1. The lowest BCUT2D eigenvalue weighted by Crippen LogP contribution is -2.20. The number of fused-ring (bicyclic) bond motifs is 1. The Morgan fingerprint density at radius 1 is 1.08 bits per heavy atom. The monoisotopic (exact) mass is 361 g/mol. The number of nitrogens with zero attached hydrogens (tertiary/aromatic N) is 2. The van der Waals surface area contributed by atoms with Gasteiger partial charge in [-0.1, -0.05) is 36.4 Å². The minimum absolute atomic E-state index is 0.0736. The average molecular weight is 361 g/mol. The van der Waals surface area contributed by atoms with Crippen molar-refractivity contribution >= 4 is 33.1 Å². The predicted molar refractivity (Wildman–Crippen MR) is 103 cm³/mol. The molecule has 26 heavy (non-hydrogen) atoms. The summed E-state index contributed by atoms with van der Waals surface area (Å²) < 4.78 is 5.70. The van der Waals surface area contributed by atoms with Crippen LogP contribution in [0.3, 0.4) is 0 Å². The van der Waals surface area contributed by atoms with E-state index in [2.05, 4.69) is 15.3 Å². The standard InChI is InChI=1S/C20H15N3O2S/c24-19(12-25-18-9-3-6-14-5-1-2-8-16(14)18)23-20-22-17(13-26-20)15-7-4-10-21-11-15/h1-11,13H,12H2,(H,22,23,24). The Morgan fingerprint density at radius 2 is 1.96 bits per heavy atom. The van der Waals surface area contributed by atoms with Crippen molar-refractivity contribution in [3.63, 3.8) is 0 Å². The molecule has 2 heterocycles. The number of carbonyl (C=O) groups excluding carboxylic acids is 1. The van der Waals surface area contributed by atoms with Crippen molar-refractivity contribution < 1.29 is 9.53 Å². The van der Waals surface area contributed by atoms with Crippen LogP contribution in [-0.2, 0) is 4.79 Å². The van der Waals surface area contributed by atoms with E-state index in [9.17, 15) is 4.79 Å². The molecule has 6 heteroatoms. The second-order valence-corrected chi connectivity index (χ2v) is 6.45. The quantitative estimate of drug-likeness (QED) is 0.573. The summed E-state index contributed by atoms with van der Waals surface area (Å²) in [5.74, 6) is 0.443. The summed E-state index contributed by atoms with van der Waals surface area (Å²) in [6, 6.07) is 17.5. The van der Waals surface area contributed by atoms with Gasteiger partial charge in [-0.25, -0.2) is 4.98 Å². The summed E-state index contributed by atoms with van der Waals surface area (Å²) >= 11 is 1.37. The summed E-state index contributed by atoms with van der Waals surface area (Å²) in [5.41, 5.74) is 1.70. The van der Waals surface area contributed by atoms with Crippen LogP contribution >= 0.6 is 11.3 Å². The minimum Gasteiger partial charge on any atom is -0.483 e. The molecule has 1 amide bonds. The van der Waals surface area contributed by atoms with Gasteiger partial charge in [0.25, 0.3) is 5.91 Å². The van der Waals surface area contributed by atoms with Gasteiger partial charge >= 0.3 is 0 Å². The molecule has 0 aliphatic carbocycles. The van der Waals surface area contributed by atoms with Gasteiger partial charge in [-0.05, 0) is 23.6 Å². The third-order valence-corrected chi connectivity index (χ3v) is 4.57. The van der Waals surface area contributed by atoms with Crippen molar-refractivity contribution in [2.45, 2.75) is 0 Å². The number of anilines is 1. The smallest absolute Gasteiger partial charge is 0.264 e. The van der Waals surface area contributed by atoms with E-state index < -0.39 is 0 Å². The molecule has 0 saturated carbocycles. The van der Waals surface area contributed by atoms with Crippen LogP contribution in [0, 0.1) is 0 Å². The van der Waals surface area contributed by atoms with Crippen LogP contribution in [0.1, 0.15) is 0 Å². The van der Waals surface area contributed by atoms with E-state index in [0.717, 1.165) is 22.0 Å². The maximum Gasteiger partial charge on any atom is 0.264 e. The number of hydrogen-bond acceptors (Lipinski definition) is 5. The molecule has 2 aromatic heterocycles. The molecule has 0 spiro atoms. The second-order valence-electron chi connectivity index (χ2n) is 5.59. The number of ether oxygens (including phenoxy) is 1. The first-order valence-corrected chi connectivity index (χ1v) is 8.94.